The van der Waals surface area contributed by atoms with Gasteiger partial charge in [-0.15, -0.1) is 0 Å². The van der Waals surface area contributed by atoms with E-state index in [0.717, 1.165) is 0 Å². The van der Waals surface area contributed by atoms with Crippen molar-refractivity contribution in [1.29, 1.82) is 0 Å². The lowest BCUT2D eigenvalue weighted by molar-refractivity contribution is -0.136. The molecule has 1 aliphatic heterocycles. The first-order chi connectivity index (χ1) is 13.9. The van der Waals surface area contributed by atoms with Gasteiger partial charge in [-0.05, 0) is 35.4 Å². The standard InChI is InChI=1S/C22H21NO6/c1-3-17(24)19-20(14-6-10-16(29-2)11-7-14)23(22(28)21(19)27)15-8-4-13(5-9-15)12-18(25)26/h4-11,20,27H,3,12H2,1-2H3,(H,25,26). The Kier molecular flexibility index (Phi) is 5.68. The van der Waals surface area contributed by atoms with Gasteiger partial charge in [0, 0.05) is 12.1 Å². The number of carbonyl (C=O) groups is 3. The normalized spacial score (nSPS) is 16.3. The SMILES string of the molecule is CCC(=O)C1=C(O)C(=O)N(c2ccc(CC(=O)O)cc2)C1c1ccc(OC)cc1. The maximum atomic E-state index is 12.9. The van der Waals surface area contributed by atoms with Crippen LogP contribution in [-0.2, 0) is 20.8 Å². The summed E-state index contributed by atoms with van der Waals surface area (Å²) in [6.07, 6.45) is 0.00389. The average Bonchev–Trinajstić information content (AvgIpc) is 2.98. The van der Waals surface area contributed by atoms with Gasteiger partial charge in [0.1, 0.15) is 5.75 Å². The summed E-state index contributed by atoms with van der Waals surface area (Å²) in [5.74, 6) is -1.89. The van der Waals surface area contributed by atoms with E-state index in [0.29, 0.717) is 22.6 Å². The number of ketones is 1. The Morgan fingerprint density at radius 1 is 1.07 bits per heavy atom. The minimum Gasteiger partial charge on any atom is -0.503 e. The summed E-state index contributed by atoms with van der Waals surface area (Å²) in [5.41, 5.74) is 1.73. The van der Waals surface area contributed by atoms with Crippen molar-refractivity contribution in [3.05, 3.63) is 71.0 Å². The number of nitrogens with zero attached hydrogens (tertiary/aromatic N) is 1. The van der Waals surface area contributed by atoms with E-state index in [1.807, 2.05) is 0 Å². The number of aliphatic hydroxyl groups is 1. The van der Waals surface area contributed by atoms with Crippen LogP contribution in [0.2, 0.25) is 0 Å². The monoisotopic (exact) mass is 395 g/mol. The topological polar surface area (TPSA) is 104 Å². The number of Topliss-reactive ketones (excluding diaryl/α,β-unsaturated/α-hetero) is 1. The van der Waals surface area contributed by atoms with Crippen molar-refractivity contribution in [2.24, 2.45) is 0 Å². The molecule has 7 nitrogen and oxygen atoms in total. The molecule has 29 heavy (non-hydrogen) atoms. The molecule has 1 atom stereocenters. The molecule has 3 rings (SSSR count). The van der Waals surface area contributed by atoms with Crippen LogP contribution in [0.25, 0.3) is 0 Å². The van der Waals surface area contributed by atoms with Crippen LogP contribution in [0.15, 0.2) is 59.9 Å². The first-order valence-electron chi connectivity index (χ1n) is 9.12. The van der Waals surface area contributed by atoms with Gasteiger partial charge in [0.05, 0.1) is 25.1 Å². The quantitative estimate of drug-likeness (QED) is 0.746. The zero-order valence-electron chi connectivity index (χ0n) is 16.1. The first kappa shape index (κ1) is 20.1. The van der Waals surface area contributed by atoms with Crippen LogP contribution in [0.5, 0.6) is 5.75 Å². The van der Waals surface area contributed by atoms with Gasteiger partial charge in [0.25, 0.3) is 5.91 Å². The van der Waals surface area contributed by atoms with Gasteiger partial charge in [0.15, 0.2) is 11.5 Å². The molecule has 2 aromatic rings. The van der Waals surface area contributed by atoms with E-state index in [1.165, 1.54) is 12.0 Å². The molecule has 0 aliphatic carbocycles. The minimum atomic E-state index is -0.957. The van der Waals surface area contributed by atoms with E-state index < -0.39 is 23.7 Å². The molecule has 1 amide bonds. The van der Waals surface area contributed by atoms with E-state index in [9.17, 15) is 19.5 Å². The summed E-state index contributed by atoms with van der Waals surface area (Å²) in [6.45, 7) is 1.67. The van der Waals surface area contributed by atoms with Crippen LogP contribution >= 0.6 is 0 Å². The van der Waals surface area contributed by atoms with Gasteiger partial charge in [-0.2, -0.15) is 0 Å². The third-order valence-corrected chi connectivity index (χ3v) is 4.83. The fraction of sp³-hybridized carbons (Fsp3) is 0.227. The summed E-state index contributed by atoms with van der Waals surface area (Å²) >= 11 is 0. The molecule has 7 heteroatoms. The number of benzene rings is 2. The maximum Gasteiger partial charge on any atom is 0.307 e. The number of carboxylic acid groups (broad SMARTS) is 1. The lowest BCUT2D eigenvalue weighted by Gasteiger charge is -2.27. The zero-order chi connectivity index (χ0) is 21.1. The molecule has 2 N–H and O–H groups in total. The third kappa shape index (κ3) is 3.85. The molecule has 0 fully saturated rings. The van der Waals surface area contributed by atoms with Crippen LogP contribution in [0.3, 0.4) is 0 Å². The Morgan fingerprint density at radius 2 is 1.69 bits per heavy atom. The summed E-state index contributed by atoms with van der Waals surface area (Å²) in [5, 5.41) is 19.4. The summed E-state index contributed by atoms with van der Waals surface area (Å²) in [4.78, 5) is 37.6. The predicted molar refractivity (Wildman–Crippen MR) is 106 cm³/mol. The summed E-state index contributed by atoms with van der Waals surface area (Å²) in [7, 11) is 1.54. The molecule has 1 heterocycles. The van der Waals surface area contributed by atoms with E-state index in [1.54, 1.807) is 55.5 Å². The van der Waals surface area contributed by atoms with E-state index in [-0.39, 0.29) is 24.2 Å². The minimum absolute atomic E-state index is 0.0530. The molecule has 1 aliphatic rings. The number of methoxy groups -OCH3 is 1. The van der Waals surface area contributed by atoms with Crippen molar-refractivity contribution < 1.29 is 29.3 Å². The molecule has 150 valence electrons. The Balaban J connectivity index is 2.07. The van der Waals surface area contributed by atoms with Crippen molar-refractivity contribution in [3.63, 3.8) is 0 Å². The summed E-state index contributed by atoms with van der Waals surface area (Å²) < 4.78 is 5.17. The van der Waals surface area contributed by atoms with Crippen LogP contribution in [0, 0.1) is 0 Å². The van der Waals surface area contributed by atoms with Crippen LogP contribution in [0.4, 0.5) is 5.69 Å². The number of carbonyl (C=O) groups excluding carboxylic acids is 2. The molecular formula is C22H21NO6. The maximum absolute atomic E-state index is 12.9. The highest BCUT2D eigenvalue weighted by Gasteiger charge is 2.43. The molecule has 1 unspecified atom stereocenters. The largest absolute Gasteiger partial charge is 0.503 e. The van der Waals surface area contributed by atoms with Gasteiger partial charge in [-0.1, -0.05) is 31.2 Å². The molecule has 0 spiro atoms. The zero-order valence-corrected chi connectivity index (χ0v) is 16.1. The molecule has 0 radical (unpaired) electrons. The number of anilines is 1. The number of ether oxygens (including phenoxy) is 1. The number of hydrogen-bond donors (Lipinski definition) is 2. The first-order valence-corrected chi connectivity index (χ1v) is 9.12. The lowest BCUT2D eigenvalue weighted by Crippen LogP contribution is -2.31. The third-order valence-electron chi connectivity index (χ3n) is 4.83. The second-order valence-electron chi connectivity index (χ2n) is 6.63. The van der Waals surface area contributed by atoms with Crippen molar-refractivity contribution in [3.8, 4) is 5.75 Å². The lowest BCUT2D eigenvalue weighted by atomic mass is 9.94. The number of aliphatic carboxylic acids is 1. The van der Waals surface area contributed by atoms with E-state index in [4.69, 9.17) is 9.84 Å². The second-order valence-corrected chi connectivity index (χ2v) is 6.63. The molecule has 0 aromatic heterocycles. The predicted octanol–water partition coefficient (Wildman–Crippen LogP) is 3.20. The Bertz CT molecular complexity index is 975. The number of aliphatic hydroxyl groups excluding tert-OH is 1. The highest BCUT2D eigenvalue weighted by molar-refractivity contribution is 6.16. The molecule has 0 saturated heterocycles. The fourth-order valence-electron chi connectivity index (χ4n) is 3.40. The second kappa shape index (κ2) is 8.18. The Morgan fingerprint density at radius 3 is 2.21 bits per heavy atom. The van der Waals surface area contributed by atoms with Gasteiger partial charge in [0.2, 0.25) is 0 Å². The van der Waals surface area contributed by atoms with Crippen LogP contribution < -0.4 is 9.64 Å². The molecular weight excluding hydrogens is 374 g/mol. The number of amides is 1. The van der Waals surface area contributed by atoms with E-state index in [2.05, 4.69) is 0 Å². The highest BCUT2D eigenvalue weighted by atomic mass is 16.5. The van der Waals surface area contributed by atoms with Crippen LogP contribution in [0.1, 0.15) is 30.5 Å². The van der Waals surface area contributed by atoms with E-state index >= 15 is 0 Å². The highest BCUT2D eigenvalue weighted by Crippen LogP contribution is 2.41. The fourth-order valence-corrected chi connectivity index (χ4v) is 3.40. The van der Waals surface area contributed by atoms with Gasteiger partial charge in [-0.3, -0.25) is 19.3 Å². The smallest absolute Gasteiger partial charge is 0.307 e. The van der Waals surface area contributed by atoms with Gasteiger partial charge in [-0.25, -0.2) is 0 Å². The van der Waals surface area contributed by atoms with Crippen LogP contribution in [-0.4, -0.2) is 35.0 Å². The number of carboxylic acids is 1. The summed E-state index contributed by atoms with van der Waals surface area (Å²) in [6, 6.07) is 12.6. The van der Waals surface area contributed by atoms with Crippen molar-refractivity contribution in [2.75, 3.05) is 12.0 Å². The Labute approximate surface area is 167 Å². The molecule has 0 saturated carbocycles. The molecule has 0 bridgehead atoms. The number of hydrogen-bond acceptors (Lipinski definition) is 5. The number of rotatable bonds is 7. The Hall–Kier alpha value is -3.61. The van der Waals surface area contributed by atoms with Crippen molar-refractivity contribution in [1.82, 2.24) is 0 Å². The average molecular weight is 395 g/mol. The van der Waals surface area contributed by atoms with Gasteiger partial charge >= 0.3 is 5.97 Å². The van der Waals surface area contributed by atoms with Crippen molar-refractivity contribution in [2.45, 2.75) is 25.8 Å². The van der Waals surface area contributed by atoms with Gasteiger partial charge < -0.3 is 14.9 Å². The van der Waals surface area contributed by atoms with Crippen molar-refractivity contribution >= 4 is 23.3 Å². The molecule has 2 aromatic carbocycles.